The molecule has 0 spiro atoms. The zero-order chi connectivity index (χ0) is 8.27. The lowest BCUT2D eigenvalue weighted by molar-refractivity contribution is 0.281. The van der Waals surface area contributed by atoms with Crippen LogP contribution in [-0.2, 0) is 4.74 Å². The normalized spacial score (nSPS) is 26.1. The van der Waals surface area contributed by atoms with Crippen molar-refractivity contribution in [2.75, 3.05) is 12.5 Å². The molecule has 0 fully saturated rings. The van der Waals surface area contributed by atoms with E-state index in [1.54, 1.807) is 0 Å². The maximum Gasteiger partial charge on any atom is 0.199 e. The summed E-state index contributed by atoms with van der Waals surface area (Å²) in [6.45, 7) is 5.07. The van der Waals surface area contributed by atoms with Crippen molar-refractivity contribution in [3.63, 3.8) is 0 Å². The van der Waals surface area contributed by atoms with Gasteiger partial charge >= 0.3 is 0 Å². The fourth-order valence-corrected chi connectivity index (χ4v) is 1.22. The molecular weight excluding hydrogens is 162 g/mol. The summed E-state index contributed by atoms with van der Waals surface area (Å²) in [6, 6.07) is 0.341. The van der Waals surface area contributed by atoms with Gasteiger partial charge in [-0.25, -0.2) is 4.99 Å². The molecule has 1 aliphatic heterocycles. The predicted octanol–water partition coefficient (Wildman–Crippen LogP) is 2.07. The molecule has 2 atom stereocenters. The second kappa shape index (κ2) is 3.96. The number of hydrogen-bond donors (Lipinski definition) is 0. The summed E-state index contributed by atoms with van der Waals surface area (Å²) in [7, 11) is 0. The first kappa shape index (κ1) is 8.85. The number of rotatable bonds is 3. The molecule has 0 N–H and O–H groups in total. The van der Waals surface area contributed by atoms with Crippen molar-refractivity contribution >= 4 is 17.5 Å². The highest BCUT2D eigenvalue weighted by Gasteiger charge is 2.22. The SMILES string of the molecule is CCC(C)[C@H]1COC(CCl)=N1. The standard InChI is InChI=1S/C8H14ClNO/c1-3-6(2)7-5-11-8(4-9)10-7/h6-7H,3-5H2,1-2H3/t6?,7-/m1/s1. The number of aliphatic imine (C=N–C) groups is 1. The molecule has 0 aromatic carbocycles. The Morgan fingerprint density at radius 1 is 1.82 bits per heavy atom. The second-order valence-electron chi connectivity index (χ2n) is 2.92. The molecule has 0 amide bonds. The molecule has 1 unspecified atom stereocenters. The first-order valence-electron chi connectivity index (χ1n) is 4.03. The zero-order valence-corrected chi connectivity index (χ0v) is 7.77. The molecule has 0 aromatic rings. The van der Waals surface area contributed by atoms with Gasteiger partial charge in [0.05, 0.1) is 11.9 Å². The van der Waals surface area contributed by atoms with Crippen LogP contribution < -0.4 is 0 Å². The molecule has 1 aliphatic rings. The van der Waals surface area contributed by atoms with Crippen molar-refractivity contribution in [3.05, 3.63) is 0 Å². The summed E-state index contributed by atoms with van der Waals surface area (Å²) in [5.41, 5.74) is 0. The van der Waals surface area contributed by atoms with Gasteiger partial charge in [0.2, 0.25) is 0 Å². The Morgan fingerprint density at radius 2 is 2.55 bits per heavy atom. The highest BCUT2D eigenvalue weighted by atomic mass is 35.5. The van der Waals surface area contributed by atoms with E-state index in [-0.39, 0.29) is 0 Å². The molecule has 0 radical (unpaired) electrons. The number of ether oxygens (including phenoxy) is 1. The predicted molar refractivity (Wildman–Crippen MR) is 47.4 cm³/mol. The third-order valence-electron chi connectivity index (χ3n) is 2.15. The average Bonchev–Trinajstić information content (AvgIpc) is 2.50. The molecule has 0 saturated heterocycles. The maximum atomic E-state index is 5.57. The van der Waals surface area contributed by atoms with Crippen molar-refractivity contribution in [1.82, 2.24) is 0 Å². The second-order valence-corrected chi connectivity index (χ2v) is 3.19. The molecular formula is C8H14ClNO. The van der Waals surface area contributed by atoms with E-state index in [2.05, 4.69) is 18.8 Å². The Labute approximate surface area is 72.6 Å². The Hall–Kier alpha value is -0.240. The largest absolute Gasteiger partial charge is 0.478 e. The molecule has 0 aromatic heterocycles. The molecule has 64 valence electrons. The number of hydrogen-bond acceptors (Lipinski definition) is 2. The van der Waals surface area contributed by atoms with E-state index in [4.69, 9.17) is 16.3 Å². The highest BCUT2D eigenvalue weighted by Crippen LogP contribution is 2.17. The Morgan fingerprint density at radius 3 is 3.00 bits per heavy atom. The monoisotopic (exact) mass is 175 g/mol. The topological polar surface area (TPSA) is 21.6 Å². The summed E-state index contributed by atoms with van der Waals surface area (Å²) in [5.74, 6) is 1.72. The average molecular weight is 176 g/mol. The maximum absolute atomic E-state index is 5.57. The summed E-state index contributed by atoms with van der Waals surface area (Å²) >= 11 is 5.57. The lowest BCUT2D eigenvalue weighted by Gasteiger charge is -2.11. The number of nitrogens with zero attached hydrogens (tertiary/aromatic N) is 1. The Balaban J connectivity index is 2.45. The van der Waals surface area contributed by atoms with E-state index in [1.807, 2.05) is 0 Å². The van der Waals surface area contributed by atoms with E-state index in [1.165, 1.54) is 0 Å². The first-order chi connectivity index (χ1) is 5.27. The zero-order valence-electron chi connectivity index (χ0n) is 7.01. The Bertz CT molecular complexity index is 158. The molecule has 0 saturated carbocycles. The van der Waals surface area contributed by atoms with E-state index in [9.17, 15) is 0 Å². The molecule has 0 aliphatic carbocycles. The number of alkyl halides is 1. The fraction of sp³-hybridized carbons (Fsp3) is 0.875. The third-order valence-corrected chi connectivity index (χ3v) is 2.37. The Kier molecular flexibility index (Phi) is 3.18. The van der Waals surface area contributed by atoms with Crippen LogP contribution in [0.2, 0.25) is 0 Å². The highest BCUT2D eigenvalue weighted by molar-refractivity contribution is 6.27. The minimum atomic E-state index is 0.341. The van der Waals surface area contributed by atoms with Crippen molar-refractivity contribution in [2.45, 2.75) is 26.3 Å². The molecule has 3 heteroatoms. The first-order valence-corrected chi connectivity index (χ1v) is 4.56. The molecule has 1 rings (SSSR count). The lowest BCUT2D eigenvalue weighted by atomic mass is 10.0. The van der Waals surface area contributed by atoms with Crippen molar-refractivity contribution in [1.29, 1.82) is 0 Å². The van der Waals surface area contributed by atoms with Gasteiger partial charge in [0.25, 0.3) is 0 Å². The van der Waals surface area contributed by atoms with E-state index in [0.717, 1.165) is 13.0 Å². The van der Waals surface area contributed by atoms with Gasteiger partial charge in [-0.2, -0.15) is 0 Å². The van der Waals surface area contributed by atoms with E-state index >= 15 is 0 Å². The van der Waals surface area contributed by atoms with Crippen LogP contribution in [0.5, 0.6) is 0 Å². The quantitative estimate of drug-likeness (QED) is 0.602. The van der Waals surface area contributed by atoms with Gasteiger partial charge in [-0.05, 0) is 5.92 Å². The van der Waals surface area contributed by atoms with Gasteiger partial charge in [0.1, 0.15) is 6.61 Å². The lowest BCUT2D eigenvalue weighted by Crippen LogP contribution is -2.16. The minimum absolute atomic E-state index is 0.341. The van der Waals surface area contributed by atoms with Crippen molar-refractivity contribution < 1.29 is 4.74 Å². The van der Waals surface area contributed by atoms with E-state index < -0.39 is 0 Å². The van der Waals surface area contributed by atoms with Crippen LogP contribution >= 0.6 is 11.6 Å². The van der Waals surface area contributed by atoms with Crippen molar-refractivity contribution in [3.8, 4) is 0 Å². The molecule has 1 heterocycles. The minimum Gasteiger partial charge on any atom is -0.478 e. The van der Waals surface area contributed by atoms with Crippen LogP contribution in [0.1, 0.15) is 20.3 Å². The summed E-state index contributed by atoms with van der Waals surface area (Å²) < 4.78 is 5.26. The van der Waals surface area contributed by atoms with Crippen LogP contribution in [0.25, 0.3) is 0 Å². The van der Waals surface area contributed by atoms with Gasteiger partial charge in [-0.3, -0.25) is 0 Å². The van der Waals surface area contributed by atoms with Crippen LogP contribution in [0.3, 0.4) is 0 Å². The van der Waals surface area contributed by atoms with Gasteiger partial charge in [0, 0.05) is 0 Å². The smallest absolute Gasteiger partial charge is 0.199 e. The van der Waals surface area contributed by atoms with Crippen LogP contribution in [0, 0.1) is 5.92 Å². The van der Waals surface area contributed by atoms with Crippen LogP contribution in [0.4, 0.5) is 0 Å². The summed E-state index contributed by atoms with van der Waals surface area (Å²) in [4.78, 5) is 4.34. The van der Waals surface area contributed by atoms with Crippen molar-refractivity contribution in [2.24, 2.45) is 10.9 Å². The van der Waals surface area contributed by atoms with Gasteiger partial charge < -0.3 is 4.74 Å². The number of halogens is 1. The van der Waals surface area contributed by atoms with Gasteiger partial charge in [0.15, 0.2) is 5.90 Å². The van der Waals surface area contributed by atoms with Gasteiger partial charge in [-0.1, -0.05) is 20.3 Å². The summed E-state index contributed by atoms with van der Waals surface area (Å²) in [6.07, 6.45) is 1.15. The fourth-order valence-electron chi connectivity index (χ4n) is 1.08. The van der Waals surface area contributed by atoms with E-state index in [0.29, 0.717) is 23.7 Å². The molecule has 11 heavy (non-hydrogen) atoms. The molecule has 0 bridgehead atoms. The summed E-state index contributed by atoms with van der Waals surface area (Å²) in [5, 5.41) is 0. The van der Waals surface area contributed by atoms with Crippen LogP contribution in [0.15, 0.2) is 4.99 Å². The third kappa shape index (κ3) is 2.09. The molecule has 2 nitrogen and oxygen atoms in total. The van der Waals surface area contributed by atoms with Gasteiger partial charge in [-0.15, -0.1) is 11.6 Å². The van der Waals surface area contributed by atoms with Crippen LogP contribution in [-0.4, -0.2) is 24.4 Å².